The normalized spacial score (nSPS) is 11.4. The molecule has 0 atom stereocenters. The van der Waals surface area contributed by atoms with E-state index in [4.69, 9.17) is 5.73 Å². The quantitative estimate of drug-likeness (QED) is 0.617. The van der Waals surface area contributed by atoms with Crippen LogP contribution < -0.4 is 10.5 Å². The maximum Gasteiger partial charge on any atom is 0.240 e. The van der Waals surface area contributed by atoms with Crippen molar-refractivity contribution in [1.29, 1.82) is 0 Å². The van der Waals surface area contributed by atoms with Crippen molar-refractivity contribution >= 4 is 15.7 Å². The Labute approximate surface area is 96.2 Å². The van der Waals surface area contributed by atoms with Crippen LogP contribution in [0.3, 0.4) is 0 Å². The van der Waals surface area contributed by atoms with Gasteiger partial charge in [-0.05, 0) is 37.6 Å². The van der Waals surface area contributed by atoms with Crippen LogP contribution in [0.5, 0.6) is 0 Å². The van der Waals surface area contributed by atoms with Crippen LogP contribution in [0.2, 0.25) is 0 Å². The zero-order valence-corrected chi connectivity index (χ0v) is 10.3. The molecule has 3 N–H and O–H groups in total. The SMILES string of the molecule is C=C(C)CNS(=O)(=O)c1cc(C)cc(N)c1. The molecule has 0 fully saturated rings. The number of hydrogen-bond acceptors (Lipinski definition) is 3. The van der Waals surface area contributed by atoms with Gasteiger partial charge in [-0.25, -0.2) is 13.1 Å². The molecule has 16 heavy (non-hydrogen) atoms. The maximum absolute atomic E-state index is 11.8. The summed E-state index contributed by atoms with van der Waals surface area (Å²) in [5.41, 5.74) is 7.61. The molecule has 88 valence electrons. The number of nitrogen functional groups attached to an aromatic ring is 1. The molecule has 5 heteroatoms. The Hall–Kier alpha value is -1.33. The lowest BCUT2D eigenvalue weighted by Gasteiger charge is -2.08. The Balaban J connectivity index is 3.02. The minimum absolute atomic E-state index is 0.186. The van der Waals surface area contributed by atoms with Crippen LogP contribution >= 0.6 is 0 Å². The van der Waals surface area contributed by atoms with Crippen molar-refractivity contribution in [3.8, 4) is 0 Å². The van der Waals surface area contributed by atoms with Crippen LogP contribution in [0.1, 0.15) is 12.5 Å². The summed E-state index contributed by atoms with van der Waals surface area (Å²) in [7, 11) is -3.49. The molecule has 0 aliphatic carbocycles. The summed E-state index contributed by atoms with van der Waals surface area (Å²) in [5.74, 6) is 0. The third-order valence-corrected chi connectivity index (χ3v) is 3.33. The second-order valence-corrected chi connectivity index (χ2v) is 5.63. The number of hydrogen-bond donors (Lipinski definition) is 2. The molecule has 0 amide bonds. The van der Waals surface area contributed by atoms with Gasteiger partial charge >= 0.3 is 0 Å². The van der Waals surface area contributed by atoms with Gasteiger partial charge < -0.3 is 5.73 Å². The summed E-state index contributed by atoms with van der Waals surface area (Å²) in [4.78, 5) is 0.186. The second kappa shape index (κ2) is 4.67. The fraction of sp³-hybridized carbons (Fsp3) is 0.273. The van der Waals surface area contributed by atoms with E-state index >= 15 is 0 Å². The summed E-state index contributed by atoms with van der Waals surface area (Å²) in [6.45, 7) is 7.42. The Bertz CT molecular complexity index is 486. The van der Waals surface area contributed by atoms with Gasteiger partial charge in [0.25, 0.3) is 0 Å². The van der Waals surface area contributed by atoms with E-state index in [1.54, 1.807) is 26.0 Å². The first-order valence-corrected chi connectivity index (χ1v) is 6.31. The van der Waals surface area contributed by atoms with Gasteiger partial charge in [-0.15, -0.1) is 0 Å². The molecule has 0 radical (unpaired) electrons. The Morgan fingerprint density at radius 2 is 2.06 bits per heavy atom. The summed E-state index contributed by atoms with van der Waals surface area (Å²) < 4.78 is 26.1. The zero-order chi connectivity index (χ0) is 12.3. The average Bonchev–Trinajstić information content (AvgIpc) is 2.13. The molecule has 0 aromatic heterocycles. The topological polar surface area (TPSA) is 72.2 Å². The van der Waals surface area contributed by atoms with E-state index in [-0.39, 0.29) is 11.4 Å². The highest BCUT2D eigenvalue weighted by atomic mass is 32.2. The fourth-order valence-electron chi connectivity index (χ4n) is 1.23. The smallest absolute Gasteiger partial charge is 0.240 e. The van der Waals surface area contributed by atoms with E-state index < -0.39 is 10.0 Å². The van der Waals surface area contributed by atoms with Gasteiger partial charge in [-0.3, -0.25) is 0 Å². The lowest BCUT2D eigenvalue weighted by atomic mass is 10.2. The van der Waals surface area contributed by atoms with E-state index in [0.29, 0.717) is 5.69 Å². The zero-order valence-electron chi connectivity index (χ0n) is 9.45. The van der Waals surface area contributed by atoms with Crippen molar-refractivity contribution in [1.82, 2.24) is 4.72 Å². The lowest BCUT2D eigenvalue weighted by molar-refractivity contribution is 0.584. The Morgan fingerprint density at radius 1 is 1.44 bits per heavy atom. The first kappa shape index (κ1) is 12.7. The van der Waals surface area contributed by atoms with E-state index in [9.17, 15) is 8.42 Å². The van der Waals surface area contributed by atoms with Gasteiger partial charge in [-0.2, -0.15) is 0 Å². The molecular formula is C11H16N2O2S. The molecule has 0 heterocycles. The summed E-state index contributed by atoms with van der Waals surface area (Å²) in [5, 5.41) is 0. The average molecular weight is 240 g/mol. The van der Waals surface area contributed by atoms with Crippen LogP contribution in [0.25, 0.3) is 0 Å². The minimum Gasteiger partial charge on any atom is -0.399 e. The largest absolute Gasteiger partial charge is 0.399 e. The number of nitrogens with two attached hydrogens (primary N) is 1. The van der Waals surface area contributed by atoms with Crippen LogP contribution in [0.4, 0.5) is 5.69 Å². The van der Waals surface area contributed by atoms with Crippen molar-refractivity contribution in [2.45, 2.75) is 18.7 Å². The first-order chi connectivity index (χ1) is 7.31. The van der Waals surface area contributed by atoms with Crippen LogP contribution in [0, 0.1) is 6.92 Å². The highest BCUT2D eigenvalue weighted by Crippen LogP contribution is 2.16. The molecule has 1 aromatic carbocycles. The van der Waals surface area contributed by atoms with E-state index in [2.05, 4.69) is 11.3 Å². The van der Waals surface area contributed by atoms with Gasteiger partial charge in [-0.1, -0.05) is 12.2 Å². The number of benzene rings is 1. The van der Waals surface area contributed by atoms with Crippen LogP contribution in [-0.4, -0.2) is 15.0 Å². The second-order valence-electron chi connectivity index (χ2n) is 3.86. The predicted molar refractivity (Wildman–Crippen MR) is 65.6 cm³/mol. The van der Waals surface area contributed by atoms with Crippen molar-refractivity contribution in [2.24, 2.45) is 0 Å². The Kier molecular flexibility index (Phi) is 3.72. The predicted octanol–water partition coefficient (Wildman–Crippen LogP) is 1.43. The summed E-state index contributed by atoms with van der Waals surface area (Å²) in [6, 6.07) is 4.74. The van der Waals surface area contributed by atoms with Crippen molar-refractivity contribution in [3.63, 3.8) is 0 Å². The number of aryl methyl sites for hydroxylation is 1. The lowest BCUT2D eigenvalue weighted by Crippen LogP contribution is -2.25. The molecule has 0 aliphatic rings. The van der Waals surface area contributed by atoms with Gasteiger partial charge in [0.1, 0.15) is 0 Å². The Morgan fingerprint density at radius 3 is 2.56 bits per heavy atom. The van der Waals surface area contributed by atoms with Gasteiger partial charge in [0, 0.05) is 12.2 Å². The van der Waals surface area contributed by atoms with E-state index in [1.165, 1.54) is 6.07 Å². The highest BCUT2D eigenvalue weighted by molar-refractivity contribution is 7.89. The number of sulfonamides is 1. The molecular weight excluding hydrogens is 224 g/mol. The molecule has 0 unspecified atom stereocenters. The first-order valence-electron chi connectivity index (χ1n) is 4.82. The third-order valence-electron chi connectivity index (χ3n) is 1.95. The monoisotopic (exact) mass is 240 g/mol. The van der Waals surface area contributed by atoms with Crippen molar-refractivity contribution in [3.05, 3.63) is 35.9 Å². The van der Waals surface area contributed by atoms with Crippen LogP contribution in [-0.2, 0) is 10.0 Å². The van der Waals surface area contributed by atoms with Crippen LogP contribution in [0.15, 0.2) is 35.2 Å². The number of anilines is 1. The maximum atomic E-state index is 11.8. The molecule has 1 rings (SSSR count). The van der Waals surface area contributed by atoms with E-state index in [0.717, 1.165) is 11.1 Å². The molecule has 0 aliphatic heterocycles. The van der Waals surface area contributed by atoms with Crippen molar-refractivity contribution in [2.75, 3.05) is 12.3 Å². The summed E-state index contributed by atoms with van der Waals surface area (Å²) >= 11 is 0. The van der Waals surface area contributed by atoms with Crippen molar-refractivity contribution < 1.29 is 8.42 Å². The van der Waals surface area contributed by atoms with Gasteiger partial charge in [0.15, 0.2) is 0 Å². The summed E-state index contributed by atoms with van der Waals surface area (Å²) in [6.07, 6.45) is 0. The molecule has 0 spiro atoms. The number of rotatable bonds is 4. The van der Waals surface area contributed by atoms with Gasteiger partial charge in [0.2, 0.25) is 10.0 Å². The molecule has 0 bridgehead atoms. The molecule has 4 nitrogen and oxygen atoms in total. The van der Waals surface area contributed by atoms with E-state index in [1.807, 2.05) is 0 Å². The fourth-order valence-corrected chi connectivity index (χ4v) is 2.47. The third kappa shape index (κ3) is 3.36. The molecule has 1 aromatic rings. The molecule has 0 saturated heterocycles. The minimum atomic E-state index is -3.49. The number of nitrogens with one attached hydrogen (secondary N) is 1. The highest BCUT2D eigenvalue weighted by Gasteiger charge is 2.14. The molecule has 0 saturated carbocycles. The van der Waals surface area contributed by atoms with Gasteiger partial charge in [0.05, 0.1) is 4.90 Å². The standard InChI is InChI=1S/C11H16N2O2S/c1-8(2)7-13-16(14,15)11-5-9(3)4-10(12)6-11/h4-6,13H,1,7,12H2,2-3H3.